The maximum Gasteiger partial charge on any atom is 0.271 e. The van der Waals surface area contributed by atoms with Crippen LogP contribution in [0.4, 0.5) is 17.1 Å². The zero-order valence-electron chi connectivity index (χ0n) is 14.3. The van der Waals surface area contributed by atoms with Gasteiger partial charge in [-0.2, -0.15) is 0 Å². The summed E-state index contributed by atoms with van der Waals surface area (Å²) in [5, 5.41) is 5.10. The van der Waals surface area contributed by atoms with E-state index in [-0.39, 0.29) is 24.8 Å². The Morgan fingerprint density at radius 3 is 2.04 bits per heavy atom. The first-order valence-corrected chi connectivity index (χ1v) is 12.7. The fourth-order valence-electron chi connectivity index (χ4n) is 2.29. The molecule has 0 aliphatic heterocycles. The SMILES string of the molecule is CS(=O)(=O)c1ccc(Nc2cc(Cl)c(Cl)cc2NS(=O)(=O)c2cccs2)cc1. The van der Waals surface area contributed by atoms with Crippen LogP contribution in [0, 0.1) is 0 Å². The second-order valence-electron chi connectivity index (χ2n) is 5.77. The lowest BCUT2D eigenvalue weighted by molar-refractivity contribution is 0.600. The zero-order valence-corrected chi connectivity index (χ0v) is 18.3. The van der Waals surface area contributed by atoms with Gasteiger partial charge in [-0.05, 0) is 47.8 Å². The van der Waals surface area contributed by atoms with Crippen LogP contribution in [0.3, 0.4) is 0 Å². The number of sulfonamides is 1. The number of hydrogen-bond acceptors (Lipinski definition) is 6. The Labute approximate surface area is 177 Å². The molecule has 1 heterocycles. The number of benzene rings is 2. The Bertz CT molecular complexity index is 1210. The highest BCUT2D eigenvalue weighted by Gasteiger charge is 2.18. The smallest absolute Gasteiger partial charge is 0.271 e. The number of anilines is 3. The van der Waals surface area contributed by atoms with Crippen LogP contribution in [0.25, 0.3) is 0 Å². The molecule has 0 fully saturated rings. The summed E-state index contributed by atoms with van der Waals surface area (Å²) in [5.41, 5.74) is 1.11. The number of rotatable bonds is 6. The van der Waals surface area contributed by atoms with Gasteiger partial charge in [0.1, 0.15) is 4.21 Å². The van der Waals surface area contributed by atoms with Crippen LogP contribution in [0.5, 0.6) is 0 Å². The highest BCUT2D eigenvalue weighted by Crippen LogP contribution is 2.36. The maximum absolute atomic E-state index is 12.5. The lowest BCUT2D eigenvalue weighted by Gasteiger charge is -2.15. The van der Waals surface area contributed by atoms with E-state index in [1.807, 2.05) is 0 Å². The van der Waals surface area contributed by atoms with Crippen molar-refractivity contribution < 1.29 is 16.8 Å². The molecule has 0 radical (unpaired) electrons. The normalized spacial score (nSPS) is 12.0. The predicted octanol–water partition coefficient (Wildman–Crippen LogP) is 5.00. The molecule has 148 valence electrons. The van der Waals surface area contributed by atoms with E-state index in [0.29, 0.717) is 11.4 Å². The highest BCUT2D eigenvalue weighted by atomic mass is 35.5. The monoisotopic (exact) mass is 476 g/mol. The molecule has 0 atom stereocenters. The molecule has 0 bridgehead atoms. The van der Waals surface area contributed by atoms with Crippen molar-refractivity contribution >= 4 is 71.5 Å². The lowest BCUT2D eigenvalue weighted by Crippen LogP contribution is -2.13. The van der Waals surface area contributed by atoms with Gasteiger partial charge in [0.25, 0.3) is 10.0 Å². The summed E-state index contributed by atoms with van der Waals surface area (Å²) in [6, 6.07) is 12.0. The molecular formula is C17H14Cl2N2O4S3. The van der Waals surface area contributed by atoms with Crippen molar-refractivity contribution in [1.29, 1.82) is 0 Å². The number of thiophene rings is 1. The fourth-order valence-corrected chi connectivity index (χ4v) is 5.31. The van der Waals surface area contributed by atoms with E-state index in [1.165, 1.54) is 30.3 Å². The molecule has 6 nitrogen and oxygen atoms in total. The van der Waals surface area contributed by atoms with Gasteiger partial charge >= 0.3 is 0 Å². The average Bonchev–Trinajstić information content (AvgIpc) is 3.14. The van der Waals surface area contributed by atoms with Crippen molar-refractivity contribution in [3.05, 3.63) is 64.0 Å². The molecule has 2 aromatic carbocycles. The van der Waals surface area contributed by atoms with E-state index in [0.717, 1.165) is 17.6 Å². The summed E-state index contributed by atoms with van der Waals surface area (Å²) in [4.78, 5) is 0.172. The van der Waals surface area contributed by atoms with Crippen LogP contribution in [0.2, 0.25) is 10.0 Å². The minimum Gasteiger partial charge on any atom is -0.354 e. The number of sulfone groups is 1. The third kappa shape index (κ3) is 4.79. The third-order valence-electron chi connectivity index (χ3n) is 3.63. The first-order chi connectivity index (χ1) is 13.1. The Balaban J connectivity index is 1.96. The fraction of sp³-hybridized carbons (Fsp3) is 0.0588. The summed E-state index contributed by atoms with van der Waals surface area (Å²) in [6.45, 7) is 0. The Hall–Kier alpha value is -1.78. The zero-order chi connectivity index (χ0) is 20.5. The van der Waals surface area contributed by atoms with Crippen molar-refractivity contribution in [3.8, 4) is 0 Å². The molecular weight excluding hydrogens is 463 g/mol. The van der Waals surface area contributed by atoms with Crippen molar-refractivity contribution in [2.45, 2.75) is 9.10 Å². The third-order valence-corrected chi connectivity index (χ3v) is 8.24. The van der Waals surface area contributed by atoms with Crippen LogP contribution in [-0.2, 0) is 19.9 Å². The minimum absolute atomic E-state index is 0.155. The molecule has 0 aliphatic carbocycles. The molecule has 1 aromatic heterocycles. The summed E-state index contributed by atoms with van der Waals surface area (Å²) in [7, 11) is -7.11. The molecule has 3 aromatic rings. The van der Waals surface area contributed by atoms with Crippen LogP contribution in [0.1, 0.15) is 0 Å². The van der Waals surface area contributed by atoms with Gasteiger partial charge < -0.3 is 5.32 Å². The molecule has 0 aliphatic rings. The van der Waals surface area contributed by atoms with Gasteiger partial charge in [-0.25, -0.2) is 16.8 Å². The summed E-state index contributed by atoms with van der Waals surface area (Å²) in [5.74, 6) is 0. The maximum atomic E-state index is 12.5. The van der Waals surface area contributed by atoms with Gasteiger partial charge in [0.2, 0.25) is 0 Å². The van der Waals surface area contributed by atoms with Gasteiger partial charge in [-0.1, -0.05) is 29.3 Å². The van der Waals surface area contributed by atoms with Crippen molar-refractivity contribution in [3.63, 3.8) is 0 Å². The van der Waals surface area contributed by atoms with Gasteiger partial charge in [-0.15, -0.1) is 11.3 Å². The van der Waals surface area contributed by atoms with Gasteiger partial charge in [0.15, 0.2) is 9.84 Å². The van der Waals surface area contributed by atoms with Crippen LogP contribution in [0.15, 0.2) is 63.0 Å². The largest absolute Gasteiger partial charge is 0.354 e. The van der Waals surface area contributed by atoms with Crippen LogP contribution < -0.4 is 10.0 Å². The quantitative estimate of drug-likeness (QED) is 0.521. The van der Waals surface area contributed by atoms with E-state index in [9.17, 15) is 16.8 Å². The Morgan fingerprint density at radius 1 is 0.893 bits per heavy atom. The second-order valence-corrected chi connectivity index (χ2v) is 11.5. The van der Waals surface area contributed by atoms with E-state index in [1.54, 1.807) is 23.6 Å². The molecule has 2 N–H and O–H groups in total. The number of hydrogen-bond donors (Lipinski definition) is 2. The first kappa shape index (κ1) is 20.9. The molecule has 0 amide bonds. The number of halogens is 2. The topological polar surface area (TPSA) is 92.3 Å². The molecule has 0 saturated heterocycles. The summed E-state index contributed by atoms with van der Waals surface area (Å²) >= 11 is 13.2. The molecule has 0 saturated carbocycles. The van der Waals surface area contributed by atoms with Crippen LogP contribution >= 0.6 is 34.5 Å². The second kappa shape index (κ2) is 7.92. The first-order valence-electron chi connectivity index (χ1n) is 7.69. The average molecular weight is 477 g/mol. The van der Waals surface area contributed by atoms with E-state index >= 15 is 0 Å². The lowest BCUT2D eigenvalue weighted by atomic mass is 10.2. The predicted molar refractivity (Wildman–Crippen MR) is 114 cm³/mol. The Morgan fingerprint density at radius 2 is 1.50 bits per heavy atom. The summed E-state index contributed by atoms with van der Waals surface area (Å²) < 4.78 is 50.9. The standard InChI is InChI=1S/C17H14Cl2N2O4S3/c1-27(22,23)12-6-4-11(5-7-12)20-15-9-13(18)14(19)10-16(15)21-28(24,25)17-3-2-8-26-17/h2-10,20-21H,1H3. The van der Waals surface area contributed by atoms with E-state index in [2.05, 4.69) is 10.0 Å². The number of nitrogens with one attached hydrogen (secondary N) is 2. The van der Waals surface area contributed by atoms with Crippen molar-refractivity contribution in [2.75, 3.05) is 16.3 Å². The van der Waals surface area contributed by atoms with Gasteiger partial charge in [0.05, 0.1) is 26.3 Å². The molecule has 3 rings (SSSR count). The molecule has 11 heteroatoms. The Kier molecular flexibility index (Phi) is 5.92. The van der Waals surface area contributed by atoms with Gasteiger partial charge in [-0.3, -0.25) is 4.72 Å². The van der Waals surface area contributed by atoms with Crippen LogP contribution in [-0.4, -0.2) is 23.1 Å². The molecule has 28 heavy (non-hydrogen) atoms. The molecule has 0 spiro atoms. The summed E-state index contributed by atoms with van der Waals surface area (Å²) in [6.07, 6.45) is 1.12. The van der Waals surface area contributed by atoms with Gasteiger partial charge in [0, 0.05) is 11.9 Å². The minimum atomic E-state index is -3.79. The van der Waals surface area contributed by atoms with E-state index < -0.39 is 19.9 Å². The van der Waals surface area contributed by atoms with Crippen molar-refractivity contribution in [2.24, 2.45) is 0 Å². The van der Waals surface area contributed by atoms with E-state index in [4.69, 9.17) is 23.2 Å². The highest BCUT2D eigenvalue weighted by molar-refractivity contribution is 7.94. The van der Waals surface area contributed by atoms with Crippen molar-refractivity contribution in [1.82, 2.24) is 0 Å². The molecule has 0 unspecified atom stereocenters.